The van der Waals surface area contributed by atoms with Gasteiger partial charge in [-0.25, -0.2) is 0 Å². The maximum Gasteiger partial charge on any atom is 0.247 e. The zero-order valence-corrected chi connectivity index (χ0v) is 13.9. The van der Waals surface area contributed by atoms with E-state index >= 15 is 0 Å². The highest BCUT2D eigenvalue weighted by Crippen LogP contribution is 2.27. The number of hydrogen-bond acceptors (Lipinski definition) is 3. The average molecular weight is 323 g/mol. The molecule has 4 nitrogen and oxygen atoms in total. The van der Waals surface area contributed by atoms with Crippen molar-refractivity contribution in [1.82, 2.24) is 4.90 Å². The number of furan rings is 2. The monoisotopic (exact) mass is 323 g/mol. The largest absolute Gasteiger partial charge is 0.465 e. The van der Waals surface area contributed by atoms with Gasteiger partial charge >= 0.3 is 0 Å². The number of nitrogens with zero attached hydrogens (tertiary/aromatic N) is 1. The van der Waals surface area contributed by atoms with E-state index in [4.69, 9.17) is 8.83 Å². The third-order valence-electron chi connectivity index (χ3n) is 4.00. The van der Waals surface area contributed by atoms with E-state index in [1.807, 2.05) is 48.2 Å². The van der Waals surface area contributed by atoms with Crippen LogP contribution in [0.15, 0.2) is 63.6 Å². The van der Waals surface area contributed by atoms with Crippen LogP contribution in [0.5, 0.6) is 0 Å². The average Bonchev–Trinajstić information content (AvgIpc) is 3.25. The Kier molecular flexibility index (Phi) is 4.85. The van der Waals surface area contributed by atoms with Crippen molar-refractivity contribution in [3.63, 3.8) is 0 Å². The number of para-hydroxylation sites is 1. The smallest absolute Gasteiger partial charge is 0.247 e. The summed E-state index contributed by atoms with van der Waals surface area (Å²) in [6, 6.07) is 13.4. The summed E-state index contributed by atoms with van der Waals surface area (Å²) in [5.74, 6) is 1.40. The van der Waals surface area contributed by atoms with Gasteiger partial charge in [-0.3, -0.25) is 4.79 Å². The van der Waals surface area contributed by atoms with Crippen molar-refractivity contribution < 1.29 is 13.6 Å². The van der Waals surface area contributed by atoms with Crippen LogP contribution in [0, 0.1) is 0 Å². The molecule has 0 saturated heterocycles. The third-order valence-corrected chi connectivity index (χ3v) is 4.00. The summed E-state index contributed by atoms with van der Waals surface area (Å²) in [6.07, 6.45) is 5.71. The summed E-state index contributed by atoms with van der Waals surface area (Å²) >= 11 is 0. The number of benzene rings is 1. The highest BCUT2D eigenvalue weighted by molar-refractivity contribution is 5.91. The van der Waals surface area contributed by atoms with E-state index < -0.39 is 0 Å². The molecule has 0 aliphatic rings. The second-order valence-electron chi connectivity index (χ2n) is 5.74. The van der Waals surface area contributed by atoms with E-state index in [0.29, 0.717) is 12.3 Å². The van der Waals surface area contributed by atoms with Gasteiger partial charge in [-0.2, -0.15) is 0 Å². The van der Waals surface area contributed by atoms with Crippen molar-refractivity contribution in [3.8, 4) is 0 Å². The Bertz CT molecular complexity index is 797. The molecule has 3 aromatic rings. The lowest BCUT2D eigenvalue weighted by Gasteiger charge is -2.26. The number of carbonyl (C=O) groups excluding carboxylic acids is 1. The molecule has 1 atom stereocenters. The minimum Gasteiger partial charge on any atom is -0.465 e. The molecule has 0 spiro atoms. The maximum absolute atomic E-state index is 12.6. The minimum atomic E-state index is -0.133. The lowest BCUT2D eigenvalue weighted by atomic mass is 10.1. The molecule has 1 aromatic carbocycles. The highest BCUT2D eigenvalue weighted by Gasteiger charge is 2.22. The van der Waals surface area contributed by atoms with Gasteiger partial charge in [0.1, 0.15) is 17.1 Å². The Labute approximate surface area is 141 Å². The molecule has 3 rings (SSSR count). The van der Waals surface area contributed by atoms with Gasteiger partial charge in [0.2, 0.25) is 5.91 Å². The van der Waals surface area contributed by atoms with Gasteiger partial charge in [-0.05, 0) is 43.7 Å². The molecule has 0 aliphatic carbocycles. The number of rotatable bonds is 6. The topological polar surface area (TPSA) is 46.6 Å². The molecular weight excluding hydrogens is 302 g/mol. The molecule has 0 radical (unpaired) electrons. The first-order chi connectivity index (χ1) is 11.7. The van der Waals surface area contributed by atoms with Crippen molar-refractivity contribution in [3.05, 3.63) is 66.3 Å². The van der Waals surface area contributed by atoms with Crippen LogP contribution < -0.4 is 0 Å². The fraction of sp³-hybridized carbons (Fsp3) is 0.250. The number of carbonyl (C=O) groups is 1. The maximum atomic E-state index is 12.6. The Hall–Kier alpha value is -2.75. The summed E-state index contributed by atoms with van der Waals surface area (Å²) in [4.78, 5) is 14.4. The second kappa shape index (κ2) is 7.21. The summed E-state index contributed by atoms with van der Waals surface area (Å²) in [7, 11) is 0. The van der Waals surface area contributed by atoms with Gasteiger partial charge in [-0.1, -0.05) is 25.1 Å². The SMILES string of the molecule is CCCN(C(=O)/C=C/c1ccco1)C(C)c1cc2ccccc2o1. The first kappa shape index (κ1) is 16.1. The Morgan fingerprint density at radius 1 is 1.25 bits per heavy atom. The standard InChI is InChI=1S/C20H21NO3/c1-3-12-21(20(22)11-10-17-8-6-13-23-17)15(2)19-14-16-7-4-5-9-18(16)24-19/h4-11,13-15H,3,12H2,1-2H3/b11-10+. The number of hydrogen-bond donors (Lipinski definition) is 0. The minimum absolute atomic E-state index is 0.0544. The first-order valence-electron chi connectivity index (χ1n) is 8.19. The Morgan fingerprint density at radius 2 is 2.08 bits per heavy atom. The van der Waals surface area contributed by atoms with Crippen LogP contribution in [0.25, 0.3) is 17.0 Å². The predicted molar refractivity (Wildman–Crippen MR) is 94.4 cm³/mol. The second-order valence-corrected chi connectivity index (χ2v) is 5.74. The quantitative estimate of drug-likeness (QED) is 0.597. The third kappa shape index (κ3) is 3.43. The van der Waals surface area contributed by atoms with Crippen LogP contribution in [0.4, 0.5) is 0 Å². The van der Waals surface area contributed by atoms with Crippen LogP contribution >= 0.6 is 0 Å². The number of fused-ring (bicyclic) bond motifs is 1. The lowest BCUT2D eigenvalue weighted by Crippen LogP contribution is -2.32. The van der Waals surface area contributed by atoms with E-state index in [9.17, 15) is 4.79 Å². The molecule has 0 saturated carbocycles. The fourth-order valence-corrected chi connectivity index (χ4v) is 2.73. The van der Waals surface area contributed by atoms with E-state index in [1.165, 1.54) is 0 Å². The molecule has 0 bridgehead atoms. The Balaban J connectivity index is 1.82. The number of amides is 1. The normalized spacial score (nSPS) is 12.8. The van der Waals surface area contributed by atoms with Gasteiger partial charge in [0.25, 0.3) is 0 Å². The van der Waals surface area contributed by atoms with Gasteiger partial charge in [0.05, 0.1) is 12.3 Å². The van der Waals surface area contributed by atoms with Crippen LogP contribution in [-0.2, 0) is 4.79 Å². The van der Waals surface area contributed by atoms with E-state index in [1.54, 1.807) is 24.5 Å². The van der Waals surface area contributed by atoms with Gasteiger partial charge in [0, 0.05) is 18.0 Å². The molecule has 24 heavy (non-hydrogen) atoms. The molecule has 1 unspecified atom stereocenters. The Morgan fingerprint density at radius 3 is 2.79 bits per heavy atom. The zero-order valence-electron chi connectivity index (χ0n) is 13.9. The van der Waals surface area contributed by atoms with E-state index in [0.717, 1.165) is 23.2 Å². The first-order valence-corrected chi connectivity index (χ1v) is 8.19. The van der Waals surface area contributed by atoms with E-state index in [2.05, 4.69) is 6.92 Å². The van der Waals surface area contributed by atoms with Crippen LogP contribution in [0.2, 0.25) is 0 Å². The fourth-order valence-electron chi connectivity index (χ4n) is 2.73. The van der Waals surface area contributed by atoms with Crippen molar-refractivity contribution >= 4 is 23.0 Å². The van der Waals surface area contributed by atoms with Crippen molar-refractivity contribution in [2.24, 2.45) is 0 Å². The zero-order chi connectivity index (χ0) is 16.9. The molecule has 124 valence electrons. The molecular formula is C20H21NO3. The summed E-state index contributed by atoms with van der Waals surface area (Å²) < 4.78 is 11.2. The molecule has 0 aliphatic heterocycles. The molecule has 1 amide bonds. The summed E-state index contributed by atoms with van der Waals surface area (Å²) in [6.45, 7) is 4.72. The lowest BCUT2D eigenvalue weighted by molar-refractivity contribution is -0.128. The molecule has 2 aromatic heterocycles. The predicted octanol–water partition coefficient (Wildman–Crippen LogP) is 5.04. The van der Waals surface area contributed by atoms with Crippen molar-refractivity contribution in [1.29, 1.82) is 0 Å². The van der Waals surface area contributed by atoms with Gasteiger partial charge in [0.15, 0.2) is 0 Å². The van der Waals surface area contributed by atoms with Crippen molar-refractivity contribution in [2.45, 2.75) is 26.3 Å². The molecule has 4 heteroatoms. The molecule has 2 heterocycles. The molecule has 0 fully saturated rings. The van der Waals surface area contributed by atoms with Crippen LogP contribution in [-0.4, -0.2) is 17.4 Å². The summed E-state index contributed by atoms with van der Waals surface area (Å²) in [5.41, 5.74) is 0.842. The van der Waals surface area contributed by atoms with Gasteiger partial charge in [-0.15, -0.1) is 0 Å². The van der Waals surface area contributed by atoms with Crippen LogP contribution in [0.1, 0.15) is 37.8 Å². The highest BCUT2D eigenvalue weighted by atomic mass is 16.3. The summed E-state index contributed by atoms with van der Waals surface area (Å²) in [5, 5.41) is 1.05. The van der Waals surface area contributed by atoms with E-state index in [-0.39, 0.29) is 11.9 Å². The van der Waals surface area contributed by atoms with Crippen LogP contribution in [0.3, 0.4) is 0 Å². The van der Waals surface area contributed by atoms with Crippen molar-refractivity contribution in [2.75, 3.05) is 6.54 Å². The molecule has 0 N–H and O–H groups in total. The van der Waals surface area contributed by atoms with Gasteiger partial charge < -0.3 is 13.7 Å².